The van der Waals surface area contributed by atoms with E-state index < -0.39 is 5.97 Å². The van der Waals surface area contributed by atoms with Gasteiger partial charge >= 0.3 is 5.97 Å². The molecule has 0 aromatic heterocycles. The second-order valence-corrected chi connectivity index (χ2v) is 7.04. The number of methoxy groups -OCH3 is 1. The van der Waals surface area contributed by atoms with E-state index in [9.17, 15) is 9.18 Å². The molecule has 0 spiro atoms. The van der Waals surface area contributed by atoms with Crippen LogP contribution in [0.1, 0.15) is 53.9 Å². The van der Waals surface area contributed by atoms with Gasteiger partial charge in [-0.05, 0) is 68.2 Å². The van der Waals surface area contributed by atoms with Crippen molar-refractivity contribution in [3.63, 3.8) is 0 Å². The summed E-state index contributed by atoms with van der Waals surface area (Å²) in [5.74, 6) is -0.754. The first-order valence-electron chi connectivity index (χ1n) is 8.36. The van der Waals surface area contributed by atoms with Gasteiger partial charge in [-0.1, -0.05) is 37.6 Å². The number of esters is 1. The van der Waals surface area contributed by atoms with Crippen molar-refractivity contribution in [2.24, 2.45) is 5.41 Å². The van der Waals surface area contributed by atoms with Crippen molar-refractivity contribution in [1.29, 1.82) is 0 Å². The van der Waals surface area contributed by atoms with Crippen LogP contribution in [0.4, 0.5) is 4.39 Å². The van der Waals surface area contributed by atoms with Gasteiger partial charge in [0, 0.05) is 6.08 Å². The Kier molecular flexibility index (Phi) is 7.40. The maximum atomic E-state index is 14.2. The van der Waals surface area contributed by atoms with E-state index in [-0.39, 0.29) is 11.2 Å². The van der Waals surface area contributed by atoms with E-state index in [1.165, 1.54) is 36.8 Å². The molecule has 0 aliphatic heterocycles. The molecule has 0 fully saturated rings. The van der Waals surface area contributed by atoms with Crippen molar-refractivity contribution >= 4 is 5.97 Å². The largest absolute Gasteiger partial charge is 0.466 e. The van der Waals surface area contributed by atoms with Crippen LogP contribution in [-0.4, -0.2) is 13.1 Å². The standard InChI is InChI=1S/C21H29FO2/c1-15(14-20(23)24-6)9-12-19(22)17(3)10-11-18-16(2)8-7-13-21(18,4)5/h9-12,14H,7-8,13H2,1-6H3/b11-10+,12-9+,15-14+,19-17-. The van der Waals surface area contributed by atoms with E-state index in [1.54, 1.807) is 19.9 Å². The highest BCUT2D eigenvalue weighted by molar-refractivity contribution is 5.83. The maximum Gasteiger partial charge on any atom is 0.330 e. The lowest BCUT2D eigenvalue weighted by Crippen LogP contribution is -2.19. The molecular weight excluding hydrogens is 303 g/mol. The van der Waals surface area contributed by atoms with Gasteiger partial charge in [-0.3, -0.25) is 0 Å². The molecule has 0 heterocycles. The SMILES string of the molecule is COC(=O)/C=C(C)/C=C/C(F)=C(C)/C=C/C1=C(C)CCCC1(C)C. The average Bonchev–Trinajstić information content (AvgIpc) is 2.51. The first kappa shape index (κ1) is 20.1. The van der Waals surface area contributed by atoms with E-state index in [1.807, 2.05) is 12.2 Å². The van der Waals surface area contributed by atoms with Crippen LogP contribution < -0.4 is 0 Å². The van der Waals surface area contributed by atoms with Crippen molar-refractivity contribution in [3.8, 4) is 0 Å². The minimum Gasteiger partial charge on any atom is -0.466 e. The lowest BCUT2D eigenvalue weighted by molar-refractivity contribution is -0.134. The molecule has 132 valence electrons. The van der Waals surface area contributed by atoms with Crippen LogP contribution in [0.3, 0.4) is 0 Å². The second-order valence-electron chi connectivity index (χ2n) is 7.04. The molecule has 0 saturated carbocycles. The summed E-state index contributed by atoms with van der Waals surface area (Å²) in [5.41, 5.74) is 4.06. The lowest BCUT2D eigenvalue weighted by atomic mass is 9.72. The van der Waals surface area contributed by atoms with Crippen molar-refractivity contribution in [2.75, 3.05) is 7.11 Å². The summed E-state index contributed by atoms with van der Waals surface area (Å²) in [7, 11) is 1.31. The van der Waals surface area contributed by atoms with Gasteiger partial charge in [0.2, 0.25) is 0 Å². The molecule has 0 amide bonds. The molecule has 0 aromatic rings. The van der Waals surface area contributed by atoms with Crippen LogP contribution in [-0.2, 0) is 9.53 Å². The monoisotopic (exact) mass is 332 g/mol. The number of ether oxygens (including phenoxy) is 1. The van der Waals surface area contributed by atoms with E-state index in [0.717, 1.165) is 12.8 Å². The van der Waals surface area contributed by atoms with Crippen molar-refractivity contribution in [2.45, 2.75) is 53.9 Å². The Bertz CT molecular complexity index is 628. The molecular formula is C21H29FO2. The van der Waals surface area contributed by atoms with E-state index >= 15 is 0 Å². The maximum absolute atomic E-state index is 14.2. The van der Waals surface area contributed by atoms with Crippen molar-refractivity contribution in [3.05, 3.63) is 58.5 Å². The third-order valence-electron chi connectivity index (χ3n) is 4.46. The van der Waals surface area contributed by atoms with Crippen LogP contribution in [0.2, 0.25) is 0 Å². The number of allylic oxidation sites excluding steroid dienone is 9. The van der Waals surface area contributed by atoms with Crippen LogP contribution >= 0.6 is 0 Å². The van der Waals surface area contributed by atoms with Gasteiger partial charge in [0.1, 0.15) is 5.83 Å². The minimum absolute atomic E-state index is 0.144. The topological polar surface area (TPSA) is 26.3 Å². The number of hydrogen-bond donors (Lipinski definition) is 0. The fourth-order valence-corrected chi connectivity index (χ4v) is 2.93. The number of carbonyl (C=O) groups is 1. The zero-order valence-electron chi connectivity index (χ0n) is 15.7. The van der Waals surface area contributed by atoms with Crippen LogP contribution in [0.25, 0.3) is 0 Å². The first-order chi connectivity index (χ1) is 11.2. The summed E-state index contributed by atoms with van der Waals surface area (Å²) in [4.78, 5) is 11.1. The van der Waals surface area contributed by atoms with E-state index in [0.29, 0.717) is 11.1 Å². The normalized spacial score (nSPS) is 19.9. The molecule has 1 aliphatic rings. The number of halogens is 1. The fraction of sp³-hybridized carbons (Fsp3) is 0.476. The molecule has 0 unspecified atom stereocenters. The molecule has 0 saturated heterocycles. The van der Waals surface area contributed by atoms with E-state index in [2.05, 4.69) is 25.5 Å². The van der Waals surface area contributed by atoms with Gasteiger partial charge in [0.05, 0.1) is 7.11 Å². The smallest absolute Gasteiger partial charge is 0.330 e. The zero-order chi connectivity index (χ0) is 18.3. The van der Waals surface area contributed by atoms with Crippen molar-refractivity contribution in [1.82, 2.24) is 0 Å². The molecule has 0 radical (unpaired) electrons. The fourth-order valence-electron chi connectivity index (χ4n) is 2.93. The zero-order valence-corrected chi connectivity index (χ0v) is 15.7. The predicted molar refractivity (Wildman–Crippen MR) is 98.2 cm³/mol. The first-order valence-corrected chi connectivity index (χ1v) is 8.36. The molecule has 0 atom stereocenters. The Balaban J connectivity index is 2.92. The number of carbonyl (C=O) groups excluding carboxylic acids is 1. The van der Waals surface area contributed by atoms with Crippen molar-refractivity contribution < 1.29 is 13.9 Å². The third kappa shape index (κ3) is 5.95. The second kappa shape index (κ2) is 8.81. The van der Waals surface area contributed by atoms with Crippen LogP contribution in [0, 0.1) is 5.41 Å². The highest BCUT2D eigenvalue weighted by Crippen LogP contribution is 2.40. The number of hydrogen-bond acceptors (Lipinski definition) is 2. The predicted octanol–water partition coefficient (Wildman–Crippen LogP) is 5.99. The Labute approximate surface area is 145 Å². The highest BCUT2D eigenvalue weighted by atomic mass is 19.1. The quantitative estimate of drug-likeness (QED) is 0.351. The molecule has 0 N–H and O–H groups in total. The Morgan fingerprint density at radius 2 is 1.88 bits per heavy atom. The Morgan fingerprint density at radius 1 is 1.21 bits per heavy atom. The Morgan fingerprint density at radius 3 is 2.46 bits per heavy atom. The number of rotatable bonds is 5. The summed E-state index contributed by atoms with van der Waals surface area (Å²) in [5, 5.41) is 0. The molecule has 1 rings (SSSR count). The molecule has 0 bridgehead atoms. The van der Waals surface area contributed by atoms with Crippen LogP contribution in [0.5, 0.6) is 0 Å². The summed E-state index contributed by atoms with van der Waals surface area (Å²) < 4.78 is 18.7. The minimum atomic E-state index is -0.444. The molecule has 0 aromatic carbocycles. The van der Waals surface area contributed by atoms with Gasteiger partial charge in [-0.2, -0.15) is 0 Å². The summed E-state index contributed by atoms with van der Waals surface area (Å²) in [6.45, 7) is 10.1. The van der Waals surface area contributed by atoms with Gasteiger partial charge in [0.25, 0.3) is 0 Å². The molecule has 24 heavy (non-hydrogen) atoms. The third-order valence-corrected chi connectivity index (χ3v) is 4.46. The van der Waals surface area contributed by atoms with Crippen LogP contribution in [0.15, 0.2) is 58.5 Å². The van der Waals surface area contributed by atoms with E-state index in [4.69, 9.17) is 0 Å². The summed E-state index contributed by atoms with van der Waals surface area (Å²) >= 11 is 0. The average molecular weight is 332 g/mol. The van der Waals surface area contributed by atoms with Gasteiger partial charge < -0.3 is 4.74 Å². The summed E-state index contributed by atoms with van der Waals surface area (Å²) in [6.07, 6.45) is 11.7. The Hall–Kier alpha value is -1.90. The van der Waals surface area contributed by atoms with Gasteiger partial charge in [-0.25, -0.2) is 9.18 Å². The van der Waals surface area contributed by atoms with Gasteiger partial charge in [0.15, 0.2) is 0 Å². The lowest BCUT2D eigenvalue weighted by Gasteiger charge is -2.32. The molecule has 3 heteroatoms. The summed E-state index contributed by atoms with van der Waals surface area (Å²) in [6, 6.07) is 0. The molecule has 1 aliphatic carbocycles. The van der Waals surface area contributed by atoms with Gasteiger partial charge in [-0.15, -0.1) is 0 Å². The molecule has 2 nitrogen and oxygen atoms in total. The highest BCUT2D eigenvalue weighted by Gasteiger charge is 2.26.